The summed E-state index contributed by atoms with van der Waals surface area (Å²) in [6.45, 7) is 0. The van der Waals surface area contributed by atoms with Crippen molar-refractivity contribution < 1.29 is 13.5 Å². The van der Waals surface area contributed by atoms with Crippen molar-refractivity contribution in [3.8, 4) is 5.75 Å². The number of rotatable bonds is 2. The van der Waals surface area contributed by atoms with E-state index in [1.165, 1.54) is 20.2 Å². The maximum atomic E-state index is 13.1. The summed E-state index contributed by atoms with van der Waals surface area (Å²) < 4.78 is 30.6. The summed E-state index contributed by atoms with van der Waals surface area (Å²) in [5.74, 6) is -1.31. The second kappa shape index (κ2) is 3.38. The first-order valence-corrected chi connectivity index (χ1v) is 3.40. The lowest BCUT2D eigenvalue weighted by molar-refractivity contribution is 0.385. The highest BCUT2D eigenvalue weighted by atomic mass is 19.1. The molecule has 0 amide bonds. The van der Waals surface area contributed by atoms with Gasteiger partial charge in [-0.25, -0.2) is 8.78 Å². The van der Waals surface area contributed by atoms with E-state index in [1.807, 2.05) is 0 Å². The standard InChI is InChI=1S/C8H9F2NO/c1-11-8-5(9)3-4-6(12-2)7(8)10/h3-4,11H,1-2H3. The molecule has 0 spiro atoms. The quantitative estimate of drug-likeness (QED) is 0.738. The number of nitrogens with one attached hydrogen (secondary N) is 1. The van der Waals surface area contributed by atoms with Crippen LogP contribution < -0.4 is 10.1 Å². The number of hydrogen-bond donors (Lipinski definition) is 1. The van der Waals surface area contributed by atoms with Crippen LogP contribution in [0.5, 0.6) is 5.75 Å². The Hall–Kier alpha value is -1.32. The average molecular weight is 173 g/mol. The summed E-state index contributed by atoms with van der Waals surface area (Å²) >= 11 is 0. The van der Waals surface area contributed by atoms with Crippen molar-refractivity contribution in [2.45, 2.75) is 0 Å². The molecule has 2 nitrogen and oxygen atoms in total. The van der Waals surface area contributed by atoms with E-state index in [-0.39, 0.29) is 11.4 Å². The minimum atomic E-state index is -0.708. The minimum absolute atomic E-state index is 0.0285. The SMILES string of the molecule is CNc1c(F)ccc(OC)c1F. The second-order valence-corrected chi connectivity index (χ2v) is 2.19. The van der Waals surface area contributed by atoms with Crippen LogP contribution in [0, 0.1) is 11.6 Å². The Morgan fingerprint density at radius 1 is 1.33 bits per heavy atom. The molecule has 1 aromatic rings. The van der Waals surface area contributed by atoms with E-state index >= 15 is 0 Å². The van der Waals surface area contributed by atoms with Crippen LogP contribution in [0.25, 0.3) is 0 Å². The van der Waals surface area contributed by atoms with Crippen molar-refractivity contribution in [1.29, 1.82) is 0 Å². The molecule has 1 aromatic carbocycles. The van der Waals surface area contributed by atoms with Crippen molar-refractivity contribution in [3.63, 3.8) is 0 Å². The molecule has 0 bridgehead atoms. The van der Waals surface area contributed by atoms with E-state index in [4.69, 9.17) is 0 Å². The molecule has 1 N–H and O–H groups in total. The molecule has 66 valence electrons. The van der Waals surface area contributed by atoms with Gasteiger partial charge < -0.3 is 10.1 Å². The molecule has 0 unspecified atom stereocenters. The molecule has 0 heterocycles. The van der Waals surface area contributed by atoms with Gasteiger partial charge in [0.1, 0.15) is 11.5 Å². The lowest BCUT2D eigenvalue weighted by Crippen LogP contribution is -1.98. The maximum absolute atomic E-state index is 13.1. The Balaban J connectivity index is 3.24. The lowest BCUT2D eigenvalue weighted by atomic mass is 10.2. The van der Waals surface area contributed by atoms with Crippen molar-refractivity contribution in [3.05, 3.63) is 23.8 Å². The number of hydrogen-bond acceptors (Lipinski definition) is 2. The average Bonchev–Trinajstić information content (AvgIpc) is 2.06. The highest BCUT2D eigenvalue weighted by Gasteiger charge is 2.11. The summed E-state index contributed by atoms with van der Waals surface area (Å²) in [7, 11) is 2.77. The Morgan fingerprint density at radius 2 is 2.00 bits per heavy atom. The van der Waals surface area contributed by atoms with Crippen molar-refractivity contribution in [2.75, 3.05) is 19.5 Å². The summed E-state index contributed by atoms with van der Waals surface area (Å²) in [5, 5.41) is 2.41. The molecule has 0 aliphatic heterocycles. The predicted molar refractivity (Wildman–Crippen MR) is 42.5 cm³/mol. The normalized spacial score (nSPS) is 9.67. The molecule has 0 saturated carbocycles. The van der Waals surface area contributed by atoms with Gasteiger partial charge in [0.25, 0.3) is 0 Å². The van der Waals surface area contributed by atoms with Gasteiger partial charge in [-0.3, -0.25) is 0 Å². The van der Waals surface area contributed by atoms with Crippen LogP contribution in [0.4, 0.5) is 14.5 Å². The monoisotopic (exact) mass is 173 g/mol. The van der Waals surface area contributed by atoms with Crippen LogP contribution in [0.1, 0.15) is 0 Å². The van der Waals surface area contributed by atoms with Crippen molar-refractivity contribution >= 4 is 5.69 Å². The van der Waals surface area contributed by atoms with Gasteiger partial charge in [0, 0.05) is 7.05 Å². The van der Waals surface area contributed by atoms with Crippen LogP contribution in [-0.2, 0) is 0 Å². The van der Waals surface area contributed by atoms with Crippen molar-refractivity contribution in [2.24, 2.45) is 0 Å². The Morgan fingerprint density at radius 3 is 2.50 bits per heavy atom. The molecule has 12 heavy (non-hydrogen) atoms. The molecule has 0 radical (unpaired) electrons. The van der Waals surface area contributed by atoms with Gasteiger partial charge >= 0.3 is 0 Å². The summed E-state index contributed by atoms with van der Waals surface area (Å²) in [6, 6.07) is 2.39. The summed E-state index contributed by atoms with van der Waals surface area (Å²) in [4.78, 5) is 0. The molecule has 0 aliphatic carbocycles. The van der Waals surface area contributed by atoms with Crippen LogP contribution in [-0.4, -0.2) is 14.2 Å². The lowest BCUT2D eigenvalue weighted by Gasteiger charge is -2.07. The fourth-order valence-corrected chi connectivity index (χ4v) is 0.920. The zero-order chi connectivity index (χ0) is 9.14. The molecule has 4 heteroatoms. The molecule has 0 saturated heterocycles. The number of anilines is 1. The smallest absolute Gasteiger partial charge is 0.191 e. The Labute approximate surface area is 69.2 Å². The zero-order valence-electron chi connectivity index (χ0n) is 6.82. The number of ether oxygens (including phenoxy) is 1. The molecule has 0 aromatic heterocycles. The Kier molecular flexibility index (Phi) is 2.47. The molecular weight excluding hydrogens is 164 g/mol. The number of halogens is 2. The van der Waals surface area contributed by atoms with Gasteiger partial charge in [-0.2, -0.15) is 0 Å². The van der Waals surface area contributed by atoms with E-state index < -0.39 is 11.6 Å². The second-order valence-electron chi connectivity index (χ2n) is 2.19. The highest BCUT2D eigenvalue weighted by molar-refractivity contribution is 5.50. The van der Waals surface area contributed by atoms with Crippen LogP contribution in [0.2, 0.25) is 0 Å². The van der Waals surface area contributed by atoms with Crippen molar-refractivity contribution in [1.82, 2.24) is 0 Å². The molecule has 0 aliphatic rings. The predicted octanol–water partition coefficient (Wildman–Crippen LogP) is 2.02. The first kappa shape index (κ1) is 8.77. The third-order valence-electron chi connectivity index (χ3n) is 1.53. The first-order chi connectivity index (χ1) is 5.70. The van der Waals surface area contributed by atoms with Gasteiger partial charge in [-0.05, 0) is 12.1 Å². The summed E-state index contributed by atoms with van der Waals surface area (Å²) in [5.41, 5.74) is -0.172. The number of benzene rings is 1. The maximum Gasteiger partial charge on any atom is 0.191 e. The minimum Gasteiger partial charge on any atom is -0.494 e. The largest absolute Gasteiger partial charge is 0.494 e. The number of methoxy groups -OCH3 is 1. The zero-order valence-corrected chi connectivity index (χ0v) is 6.82. The third kappa shape index (κ3) is 1.32. The third-order valence-corrected chi connectivity index (χ3v) is 1.53. The van der Waals surface area contributed by atoms with E-state index in [9.17, 15) is 8.78 Å². The molecule has 0 fully saturated rings. The van der Waals surface area contributed by atoms with Gasteiger partial charge in [-0.15, -0.1) is 0 Å². The van der Waals surface area contributed by atoms with Crippen LogP contribution in [0.3, 0.4) is 0 Å². The topological polar surface area (TPSA) is 21.3 Å². The van der Waals surface area contributed by atoms with E-state index in [0.717, 1.165) is 6.07 Å². The highest BCUT2D eigenvalue weighted by Crippen LogP contribution is 2.26. The Bertz CT molecular complexity index is 289. The molecular formula is C8H9F2NO. The first-order valence-electron chi connectivity index (χ1n) is 3.40. The van der Waals surface area contributed by atoms with Gasteiger partial charge in [0.15, 0.2) is 11.6 Å². The van der Waals surface area contributed by atoms with Gasteiger partial charge in [0.05, 0.1) is 7.11 Å². The van der Waals surface area contributed by atoms with E-state index in [0.29, 0.717) is 0 Å². The fourth-order valence-electron chi connectivity index (χ4n) is 0.920. The van der Waals surface area contributed by atoms with Gasteiger partial charge in [-0.1, -0.05) is 0 Å². The van der Waals surface area contributed by atoms with E-state index in [1.54, 1.807) is 0 Å². The molecule has 0 atom stereocenters. The van der Waals surface area contributed by atoms with Gasteiger partial charge in [0.2, 0.25) is 0 Å². The summed E-state index contributed by atoms with van der Waals surface area (Å²) in [6.07, 6.45) is 0. The molecule has 1 rings (SSSR count). The van der Waals surface area contributed by atoms with E-state index in [2.05, 4.69) is 10.1 Å². The van der Waals surface area contributed by atoms with Crippen LogP contribution >= 0.6 is 0 Å². The van der Waals surface area contributed by atoms with Crippen LogP contribution in [0.15, 0.2) is 12.1 Å². The fraction of sp³-hybridized carbons (Fsp3) is 0.250.